The molecule has 0 spiro atoms. The Morgan fingerprint density at radius 3 is 2.59 bits per heavy atom. The zero-order valence-corrected chi connectivity index (χ0v) is 11.7. The van der Waals surface area contributed by atoms with Gasteiger partial charge in [0.25, 0.3) is 0 Å². The highest BCUT2D eigenvalue weighted by Crippen LogP contribution is 2.19. The molecule has 0 heterocycles. The molecule has 96 valence electrons. The Labute approximate surface area is 112 Å². The Bertz CT molecular complexity index is 335. The maximum absolute atomic E-state index is 13.5. The van der Waals surface area contributed by atoms with Crippen LogP contribution in [0, 0.1) is 11.7 Å². The minimum Gasteiger partial charge on any atom is -0.309 e. The zero-order chi connectivity index (χ0) is 12.8. The molecule has 1 atom stereocenters. The number of nitrogens with one attached hydrogen (secondary N) is 1. The second-order valence-corrected chi connectivity index (χ2v) is 5.28. The zero-order valence-electron chi connectivity index (χ0n) is 10.1. The lowest BCUT2D eigenvalue weighted by Gasteiger charge is -2.18. The Hall–Kier alpha value is -0.310. The first-order valence-corrected chi connectivity index (χ1v) is 6.68. The van der Waals surface area contributed by atoms with Gasteiger partial charge < -0.3 is 5.32 Å². The fourth-order valence-corrected chi connectivity index (χ4v) is 2.18. The SMILES string of the molecule is CC(C)CC(CCl)NCc1c(F)cccc1Cl. The van der Waals surface area contributed by atoms with Crippen molar-refractivity contribution < 1.29 is 4.39 Å². The van der Waals surface area contributed by atoms with Crippen molar-refractivity contribution in [3.8, 4) is 0 Å². The average molecular weight is 278 g/mol. The summed E-state index contributed by atoms with van der Waals surface area (Å²) < 4.78 is 13.5. The molecule has 1 aromatic rings. The van der Waals surface area contributed by atoms with Gasteiger partial charge in [-0.25, -0.2) is 4.39 Å². The Morgan fingerprint density at radius 1 is 1.35 bits per heavy atom. The molecule has 0 radical (unpaired) electrons. The molecule has 1 unspecified atom stereocenters. The summed E-state index contributed by atoms with van der Waals surface area (Å²) >= 11 is 11.8. The lowest BCUT2D eigenvalue weighted by molar-refractivity contribution is 0.440. The minimum atomic E-state index is -0.275. The van der Waals surface area contributed by atoms with Crippen LogP contribution in [0.2, 0.25) is 5.02 Å². The molecule has 1 rings (SSSR count). The Kier molecular flexibility index (Phi) is 6.24. The van der Waals surface area contributed by atoms with Crippen LogP contribution in [-0.2, 0) is 6.54 Å². The molecule has 0 aromatic heterocycles. The number of halogens is 3. The van der Waals surface area contributed by atoms with Gasteiger partial charge in [-0.05, 0) is 24.5 Å². The normalized spacial score (nSPS) is 13.1. The van der Waals surface area contributed by atoms with E-state index < -0.39 is 0 Å². The molecule has 0 fully saturated rings. The van der Waals surface area contributed by atoms with Gasteiger partial charge in [-0.15, -0.1) is 11.6 Å². The van der Waals surface area contributed by atoms with Crippen LogP contribution in [0.15, 0.2) is 18.2 Å². The number of hydrogen-bond acceptors (Lipinski definition) is 1. The number of hydrogen-bond donors (Lipinski definition) is 1. The smallest absolute Gasteiger partial charge is 0.129 e. The van der Waals surface area contributed by atoms with Crippen LogP contribution in [0.1, 0.15) is 25.8 Å². The molecule has 0 aliphatic carbocycles. The van der Waals surface area contributed by atoms with Crippen molar-refractivity contribution in [2.24, 2.45) is 5.92 Å². The van der Waals surface area contributed by atoms with Crippen LogP contribution in [-0.4, -0.2) is 11.9 Å². The molecule has 4 heteroatoms. The number of benzene rings is 1. The van der Waals surface area contributed by atoms with E-state index in [4.69, 9.17) is 23.2 Å². The van der Waals surface area contributed by atoms with Crippen LogP contribution >= 0.6 is 23.2 Å². The van der Waals surface area contributed by atoms with Crippen LogP contribution in [0.25, 0.3) is 0 Å². The van der Waals surface area contributed by atoms with Crippen LogP contribution in [0.5, 0.6) is 0 Å². The van der Waals surface area contributed by atoms with Crippen molar-refractivity contribution in [2.45, 2.75) is 32.9 Å². The quantitative estimate of drug-likeness (QED) is 0.768. The van der Waals surface area contributed by atoms with Crippen molar-refractivity contribution in [2.75, 3.05) is 5.88 Å². The molecule has 0 aliphatic heterocycles. The van der Waals surface area contributed by atoms with Crippen molar-refractivity contribution in [1.82, 2.24) is 5.32 Å². The highest BCUT2D eigenvalue weighted by Gasteiger charge is 2.12. The largest absolute Gasteiger partial charge is 0.309 e. The lowest BCUT2D eigenvalue weighted by Crippen LogP contribution is -2.32. The summed E-state index contributed by atoms with van der Waals surface area (Å²) in [5.41, 5.74) is 0.507. The summed E-state index contributed by atoms with van der Waals surface area (Å²) in [6.07, 6.45) is 0.968. The first-order valence-electron chi connectivity index (χ1n) is 5.76. The predicted molar refractivity (Wildman–Crippen MR) is 72.2 cm³/mol. The fourth-order valence-electron chi connectivity index (χ4n) is 1.72. The summed E-state index contributed by atoms with van der Waals surface area (Å²) in [6.45, 7) is 4.68. The number of alkyl halides is 1. The van der Waals surface area contributed by atoms with Crippen molar-refractivity contribution in [3.05, 3.63) is 34.6 Å². The first kappa shape index (κ1) is 14.7. The van der Waals surface area contributed by atoms with E-state index in [0.717, 1.165) is 6.42 Å². The third kappa shape index (κ3) is 4.82. The summed E-state index contributed by atoms with van der Waals surface area (Å²) in [7, 11) is 0. The Morgan fingerprint density at radius 2 is 2.06 bits per heavy atom. The van der Waals surface area contributed by atoms with Gasteiger partial charge in [0.1, 0.15) is 5.82 Å². The van der Waals surface area contributed by atoms with E-state index in [2.05, 4.69) is 19.2 Å². The summed E-state index contributed by atoms with van der Waals surface area (Å²) in [5.74, 6) is 0.801. The standard InChI is InChI=1S/C13H18Cl2FN/c1-9(2)6-10(7-14)17-8-11-12(15)4-3-5-13(11)16/h3-5,9-10,17H,6-8H2,1-2H3. The van der Waals surface area contributed by atoms with Gasteiger partial charge in [0.05, 0.1) is 0 Å². The third-order valence-electron chi connectivity index (χ3n) is 2.57. The van der Waals surface area contributed by atoms with E-state index in [0.29, 0.717) is 28.9 Å². The second kappa shape index (κ2) is 7.20. The molecule has 0 saturated heterocycles. The molecule has 0 aliphatic rings. The molecule has 1 N–H and O–H groups in total. The summed E-state index contributed by atoms with van der Waals surface area (Å²) in [6, 6.07) is 4.90. The van der Waals surface area contributed by atoms with Gasteiger partial charge in [-0.1, -0.05) is 31.5 Å². The molecule has 1 nitrogen and oxygen atoms in total. The highest BCUT2D eigenvalue weighted by molar-refractivity contribution is 6.31. The van der Waals surface area contributed by atoms with Gasteiger partial charge in [0.15, 0.2) is 0 Å². The van der Waals surface area contributed by atoms with Gasteiger partial charge in [-0.3, -0.25) is 0 Å². The van der Waals surface area contributed by atoms with E-state index in [-0.39, 0.29) is 11.9 Å². The first-order chi connectivity index (χ1) is 8.04. The third-order valence-corrected chi connectivity index (χ3v) is 3.30. The topological polar surface area (TPSA) is 12.0 Å². The average Bonchev–Trinajstić information content (AvgIpc) is 2.26. The second-order valence-electron chi connectivity index (χ2n) is 4.56. The van der Waals surface area contributed by atoms with Crippen molar-refractivity contribution in [3.63, 3.8) is 0 Å². The lowest BCUT2D eigenvalue weighted by atomic mass is 10.0. The van der Waals surface area contributed by atoms with Gasteiger partial charge >= 0.3 is 0 Å². The maximum Gasteiger partial charge on any atom is 0.129 e. The van der Waals surface area contributed by atoms with Crippen molar-refractivity contribution >= 4 is 23.2 Å². The molecule has 0 amide bonds. The van der Waals surface area contributed by atoms with E-state index in [1.54, 1.807) is 12.1 Å². The van der Waals surface area contributed by atoms with Gasteiger partial charge in [0.2, 0.25) is 0 Å². The maximum atomic E-state index is 13.5. The molecule has 0 bridgehead atoms. The van der Waals surface area contributed by atoms with E-state index >= 15 is 0 Å². The predicted octanol–water partition coefficient (Wildman–Crippen LogP) is 4.22. The molecular formula is C13H18Cl2FN. The number of rotatable bonds is 6. The van der Waals surface area contributed by atoms with E-state index in [9.17, 15) is 4.39 Å². The molecular weight excluding hydrogens is 260 g/mol. The molecule has 0 saturated carbocycles. The fraction of sp³-hybridized carbons (Fsp3) is 0.538. The highest BCUT2D eigenvalue weighted by atomic mass is 35.5. The van der Waals surface area contributed by atoms with Gasteiger partial charge in [0, 0.05) is 29.1 Å². The van der Waals surface area contributed by atoms with Gasteiger partial charge in [-0.2, -0.15) is 0 Å². The summed E-state index contributed by atoms with van der Waals surface area (Å²) in [4.78, 5) is 0. The van der Waals surface area contributed by atoms with E-state index in [1.807, 2.05) is 0 Å². The van der Waals surface area contributed by atoms with Crippen LogP contribution in [0.3, 0.4) is 0 Å². The Balaban J connectivity index is 2.59. The molecule has 17 heavy (non-hydrogen) atoms. The minimum absolute atomic E-state index is 0.187. The summed E-state index contributed by atoms with van der Waals surface area (Å²) in [5, 5.41) is 3.70. The van der Waals surface area contributed by atoms with Crippen LogP contribution in [0.4, 0.5) is 4.39 Å². The van der Waals surface area contributed by atoms with Crippen molar-refractivity contribution in [1.29, 1.82) is 0 Å². The monoisotopic (exact) mass is 277 g/mol. The van der Waals surface area contributed by atoms with E-state index in [1.165, 1.54) is 6.07 Å². The van der Waals surface area contributed by atoms with Crippen LogP contribution < -0.4 is 5.32 Å². The molecule has 1 aromatic carbocycles.